The van der Waals surface area contributed by atoms with E-state index >= 15 is 0 Å². The number of rotatable bonds is 8. The van der Waals surface area contributed by atoms with Crippen molar-refractivity contribution in [3.8, 4) is 0 Å². The standard InChI is InChI=1S/C24H28F2N2O2/c25-21-7-3-1-5-17(21)13-15-27-23(29)19-9-11-20(12-10-19)24(30)28-16-14-18-6-2-4-8-22(18)26/h1-8,19-20H,9-16H2,(H,27,29)(H,28,30). The summed E-state index contributed by atoms with van der Waals surface area (Å²) in [7, 11) is 0. The molecule has 4 nitrogen and oxygen atoms in total. The number of carbonyl (C=O) groups is 2. The van der Waals surface area contributed by atoms with Crippen LogP contribution in [0.15, 0.2) is 48.5 Å². The number of amides is 2. The van der Waals surface area contributed by atoms with E-state index in [1.165, 1.54) is 12.1 Å². The van der Waals surface area contributed by atoms with Crippen LogP contribution in [0.25, 0.3) is 0 Å². The number of carbonyl (C=O) groups excluding carboxylic acids is 2. The van der Waals surface area contributed by atoms with Crippen LogP contribution in [0.2, 0.25) is 0 Å². The minimum atomic E-state index is -0.256. The van der Waals surface area contributed by atoms with Crippen LogP contribution in [0, 0.1) is 23.5 Å². The fourth-order valence-electron chi connectivity index (χ4n) is 3.95. The quantitative estimate of drug-likeness (QED) is 0.691. The minimum absolute atomic E-state index is 0.0234. The van der Waals surface area contributed by atoms with Gasteiger partial charge in [-0.15, -0.1) is 0 Å². The van der Waals surface area contributed by atoms with Gasteiger partial charge in [-0.1, -0.05) is 36.4 Å². The zero-order chi connectivity index (χ0) is 21.3. The first kappa shape index (κ1) is 21.9. The van der Waals surface area contributed by atoms with Crippen LogP contribution in [0.4, 0.5) is 8.78 Å². The maximum Gasteiger partial charge on any atom is 0.223 e. The second kappa shape index (κ2) is 10.9. The van der Waals surface area contributed by atoms with Gasteiger partial charge in [-0.2, -0.15) is 0 Å². The van der Waals surface area contributed by atoms with E-state index < -0.39 is 0 Å². The van der Waals surface area contributed by atoms with Crippen LogP contribution >= 0.6 is 0 Å². The lowest BCUT2D eigenvalue weighted by Crippen LogP contribution is -2.38. The third kappa shape index (κ3) is 6.12. The van der Waals surface area contributed by atoms with Gasteiger partial charge in [0.2, 0.25) is 11.8 Å². The highest BCUT2D eigenvalue weighted by molar-refractivity contribution is 5.81. The van der Waals surface area contributed by atoms with Crippen LogP contribution < -0.4 is 10.6 Å². The number of benzene rings is 2. The molecule has 160 valence electrons. The summed E-state index contributed by atoms with van der Waals surface area (Å²) in [5.74, 6) is -0.766. The molecule has 0 atom stereocenters. The Morgan fingerprint density at radius 3 is 1.43 bits per heavy atom. The molecule has 0 aromatic heterocycles. The Balaban J connectivity index is 1.34. The topological polar surface area (TPSA) is 58.2 Å². The average molecular weight is 414 g/mol. The van der Waals surface area contributed by atoms with E-state index in [9.17, 15) is 18.4 Å². The van der Waals surface area contributed by atoms with Gasteiger partial charge in [-0.25, -0.2) is 8.78 Å². The average Bonchev–Trinajstić information content (AvgIpc) is 2.76. The van der Waals surface area contributed by atoms with E-state index in [4.69, 9.17) is 0 Å². The molecule has 0 unspecified atom stereocenters. The summed E-state index contributed by atoms with van der Waals surface area (Å²) in [6.07, 6.45) is 3.57. The summed E-state index contributed by atoms with van der Waals surface area (Å²) >= 11 is 0. The second-order valence-electron chi connectivity index (χ2n) is 7.81. The molecule has 3 rings (SSSR count). The van der Waals surface area contributed by atoms with E-state index in [2.05, 4.69) is 10.6 Å². The van der Waals surface area contributed by atoms with Crippen molar-refractivity contribution in [3.05, 3.63) is 71.3 Å². The van der Waals surface area contributed by atoms with Crippen molar-refractivity contribution in [2.75, 3.05) is 13.1 Å². The molecule has 2 amide bonds. The molecule has 2 aromatic carbocycles. The molecular formula is C24H28F2N2O2. The third-order valence-electron chi connectivity index (χ3n) is 5.77. The SMILES string of the molecule is O=C(NCCc1ccccc1F)C1CCC(C(=O)NCCc2ccccc2F)CC1. The highest BCUT2D eigenvalue weighted by Crippen LogP contribution is 2.29. The van der Waals surface area contributed by atoms with Gasteiger partial charge in [-0.3, -0.25) is 9.59 Å². The lowest BCUT2D eigenvalue weighted by Gasteiger charge is -2.27. The van der Waals surface area contributed by atoms with E-state index in [1.54, 1.807) is 36.4 Å². The van der Waals surface area contributed by atoms with Gasteiger partial charge in [0, 0.05) is 24.9 Å². The van der Waals surface area contributed by atoms with Gasteiger partial charge >= 0.3 is 0 Å². The molecular weight excluding hydrogens is 386 g/mol. The van der Waals surface area contributed by atoms with Crippen LogP contribution in [-0.4, -0.2) is 24.9 Å². The number of nitrogens with one attached hydrogen (secondary N) is 2. The molecule has 0 bridgehead atoms. The smallest absolute Gasteiger partial charge is 0.223 e. The Morgan fingerprint density at radius 2 is 1.07 bits per heavy atom. The van der Waals surface area contributed by atoms with E-state index in [0.717, 1.165) is 0 Å². The number of hydrogen-bond donors (Lipinski definition) is 2. The third-order valence-corrected chi connectivity index (χ3v) is 5.77. The van der Waals surface area contributed by atoms with Crippen LogP contribution in [0.3, 0.4) is 0 Å². The summed E-state index contributed by atoms with van der Waals surface area (Å²) in [4.78, 5) is 24.7. The van der Waals surface area contributed by atoms with Crippen molar-refractivity contribution in [1.29, 1.82) is 0 Å². The first-order valence-electron chi connectivity index (χ1n) is 10.6. The highest BCUT2D eigenvalue weighted by Gasteiger charge is 2.29. The number of halogens is 2. The molecule has 2 N–H and O–H groups in total. The van der Waals surface area contributed by atoms with Gasteiger partial charge in [0.1, 0.15) is 11.6 Å². The lowest BCUT2D eigenvalue weighted by atomic mass is 9.81. The Hall–Kier alpha value is -2.76. The van der Waals surface area contributed by atoms with Gasteiger partial charge in [0.05, 0.1) is 0 Å². The van der Waals surface area contributed by atoms with Gasteiger partial charge in [-0.05, 0) is 61.8 Å². The molecule has 1 saturated carbocycles. The normalized spacial score (nSPS) is 18.6. The molecule has 1 fully saturated rings. The van der Waals surface area contributed by atoms with E-state index in [0.29, 0.717) is 62.7 Å². The maximum atomic E-state index is 13.6. The summed E-state index contributed by atoms with van der Waals surface area (Å²) < 4.78 is 27.2. The molecule has 0 saturated heterocycles. The molecule has 2 aromatic rings. The van der Waals surface area contributed by atoms with Gasteiger partial charge in [0.25, 0.3) is 0 Å². The van der Waals surface area contributed by atoms with Gasteiger partial charge < -0.3 is 10.6 Å². The fourth-order valence-corrected chi connectivity index (χ4v) is 3.95. The molecule has 0 heterocycles. The largest absolute Gasteiger partial charge is 0.356 e. The van der Waals surface area contributed by atoms with Crippen LogP contribution in [-0.2, 0) is 22.4 Å². The minimum Gasteiger partial charge on any atom is -0.356 e. The Morgan fingerprint density at radius 1 is 0.700 bits per heavy atom. The van der Waals surface area contributed by atoms with Crippen LogP contribution in [0.1, 0.15) is 36.8 Å². The maximum absolute atomic E-state index is 13.6. The molecule has 6 heteroatoms. The summed E-state index contributed by atoms with van der Waals surface area (Å²) in [6, 6.07) is 13.1. The van der Waals surface area contributed by atoms with E-state index in [1.807, 2.05) is 0 Å². The van der Waals surface area contributed by atoms with Crippen molar-refractivity contribution < 1.29 is 18.4 Å². The first-order chi connectivity index (χ1) is 14.5. The highest BCUT2D eigenvalue weighted by atomic mass is 19.1. The summed E-state index contributed by atoms with van der Waals surface area (Å²) in [6.45, 7) is 0.798. The summed E-state index contributed by atoms with van der Waals surface area (Å²) in [5.41, 5.74) is 1.18. The molecule has 30 heavy (non-hydrogen) atoms. The molecule has 1 aliphatic rings. The Bertz CT molecular complexity index is 792. The lowest BCUT2D eigenvalue weighted by molar-refractivity contribution is -0.130. The predicted octanol–water partition coefficient (Wildman–Crippen LogP) is 3.79. The van der Waals surface area contributed by atoms with Crippen molar-refractivity contribution in [3.63, 3.8) is 0 Å². The molecule has 1 aliphatic carbocycles. The monoisotopic (exact) mass is 414 g/mol. The van der Waals surface area contributed by atoms with E-state index in [-0.39, 0.29) is 35.3 Å². The van der Waals surface area contributed by atoms with Crippen molar-refractivity contribution in [1.82, 2.24) is 10.6 Å². The predicted molar refractivity (Wildman–Crippen MR) is 112 cm³/mol. The molecule has 0 aliphatic heterocycles. The first-order valence-corrected chi connectivity index (χ1v) is 10.6. The van der Waals surface area contributed by atoms with Crippen molar-refractivity contribution >= 4 is 11.8 Å². The molecule has 0 spiro atoms. The van der Waals surface area contributed by atoms with Crippen LogP contribution in [0.5, 0.6) is 0 Å². The fraction of sp³-hybridized carbons (Fsp3) is 0.417. The Labute approximate surface area is 176 Å². The number of hydrogen-bond acceptors (Lipinski definition) is 2. The van der Waals surface area contributed by atoms with Gasteiger partial charge in [0.15, 0.2) is 0 Å². The molecule has 0 radical (unpaired) electrons. The zero-order valence-corrected chi connectivity index (χ0v) is 17.0. The second-order valence-corrected chi connectivity index (χ2v) is 7.81. The van der Waals surface area contributed by atoms with Crippen molar-refractivity contribution in [2.24, 2.45) is 11.8 Å². The Kier molecular flexibility index (Phi) is 7.94. The summed E-state index contributed by atoms with van der Waals surface area (Å²) in [5, 5.41) is 5.78. The van der Waals surface area contributed by atoms with Crippen molar-refractivity contribution in [2.45, 2.75) is 38.5 Å². The zero-order valence-electron chi connectivity index (χ0n) is 17.0.